The van der Waals surface area contributed by atoms with Gasteiger partial charge < -0.3 is 10.1 Å². The molecule has 1 heterocycles. The topological polar surface area (TPSA) is 34.1 Å². The standard InChI is InChI=1S/C16H20N2O/c1-3-6-13(9-11-17-2)19-16-10-12-18-15-8-5-4-7-14(15)16/h3-8,10,12-13,17H,9,11H2,1-2H3. The van der Waals surface area contributed by atoms with Crippen LogP contribution >= 0.6 is 0 Å². The third kappa shape index (κ3) is 3.55. The zero-order chi connectivity index (χ0) is 13.5. The van der Waals surface area contributed by atoms with E-state index >= 15 is 0 Å². The molecule has 0 amide bonds. The van der Waals surface area contributed by atoms with Crippen LogP contribution in [0.25, 0.3) is 10.9 Å². The van der Waals surface area contributed by atoms with E-state index in [-0.39, 0.29) is 6.10 Å². The van der Waals surface area contributed by atoms with Gasteiger partial charge in [0.25, 0.3) is 0 Å². The highest BCUT2D eigenvalue weighted by atomic mass is 16.5. The zero-order valence-corrected chi connectivity index (χ0v) is 11.5. The molecule has 3 nitrogen and oxygen atoms in total. The number of ether oxygens (including phenoxy) is 1. The molecule has 1 N–H and O–H groups in total. The van der Waals surface area contributed by atoms with Gasteiger partial charge in [-0.15, -0.1) is 0 Å². The van der Waals surface area contributed by atoms with E-state index in [4.69, 9.17) is 4.74 Å². The molecule has 0 spiro atoms. The second kappa shape index (κ2) is 6.90. The molecule has 1 aromatic carbocycles. The maximum Gasteiger partial charge on any atom is 0.131 e. The highest BCUT2D eigenvalue weighted by Gasteiger charge is 2.09. The maximum atomic E-state index is 6.10. The monoisotopic (exact) mass is 256 g/mol. The molecule has 1 aromatic heterocycles. The molecule has 2 aromatic rings. The molecule has 0 aliphatic carbocycles. The number of aromatic nitrogens is 1. The van der Waals surface area contributed by atoms with Crippen molar-refractivity contribution in [3.05, 3.63) is 48.7 Å². The minimum Gasteiger partial charge on any atom is -0.486 e. The molecule has 0 aliphatic heterocycles. The molecule has 0 aliphatic rings. The van der Waals surface area contributed by atoms with E-state index in [9.17, 15) is 0 Å². The molecule has 100 valence electrons. The van der Waals surface area contributed by atoms with E-state index < -0.39 is 0 Å². The van der Waals surface area contributed by atoms with Crippen LogP contribution in [-0.4, -0.2) is 24.7 Å². The second-order valence-corrected chi connectivity index (χ2v) is 4.40. The van der Waals surface area contributed by atoms with Crippen molar-refractivity contribution in [3.63, 3.8) is 0 Å². The van der Waals surface area contributed by atoms with Gasteiger partial charge >= 0.3 is 0 Å². The average molecular weight is 256 g/mol. The molecule has 2 rings (SSSR count). The summed E-state index contributed by atoms with van der Waals surface area (Å²) < 4.78 is 6.10. The fraction of sp³-hybridized carbons (Fsp3) is 0.312. The Morgan fingerprint density at radius 2 is 2.16 bits per heavy atom. The number of nitrogens with one attached hydrogen (secondary N) is 1. The normalized spacial score (nSPS) is 12.9. The van der Waals surface area contributed by atoms with E-state index in [0.29, 0.717) is 0 Å². The summed E-state index contributed by atoms with van der Waals surface area (Å²) in [5.41, 5.74) is 0.966. The maximum absolute atomic E-state index is 6.10. The van der Waals surface area contributed by atoms with Crippen LogP contribution in [-0.2, 0) is 0 Å². The van der Waals surface area contributed by atoms with E-state index in [0.717, 1.165) is 29.6 Å². The molecule has 0 saturated carbocycles. The van der Waals surface area contributed by atoms with E-state index in [1.807, 2.05) is 50.4 Å². The SMILES string of the molecule is CC=CC(CCNC)Oc1ccnc2ccccc12. The molecular weight excluding hydrogens is 236 g/mol. The van der Waals surface area contributed by atoms with Crippen molar-refractivity contribution in [2.45, 2.75) is 19.4 Å². The first-order valence-electron chi connectivity index (χ1n) is 6.63. The average Bonchev–Trinajstić information content (AvgIpc) is 2.45. The Balaban J connectivity index is 2.23. The molecule has 19 heavy (non-hydrogen) atoms. The first-order valence-corrected chi connectivity index (χ1v) is 6.63. The number of nitrogens with zero attached hydrogens (tertiary/aromatic N) is 1. The quantitative estimate of drug-likeness (QED) is 0.806. The number of rotatable bonds is 6. The number of hydrogen-bond donors (Lipinski definition) is 1. The summed E-state index contributed by atoms with van der Waals surface area (Å²) in [7, 11) is 1.95. The first kappa shape index (κ1) is 13.6. The Hall–Kier alpha value is -1.87. The van der Waals surface area contributed by atoms with Crippen molar-refractivity contribution >= 4 is 10.9 Å². The number of para-hydroxylation sites is 1. The molecular formula is C16H20N2O. The van der Waals surface area contributed by atoms with Gasteiger partial charge in [-0.05, 0) is 44.8 Å². The number of allylic oxidation sites excluding steroid dienone is 1. The van der Waals surface area contributed by atoms with Crippen molar-refractivity contribution in [2.75, 3.05) is 13.6 Å². The van der Waals surface area contributed by atoms with E-state index in [1.54, 1.807) is 6.20 Å². The third-order valence-corrected chi connectivity index (χ3v) is 2.97. The number of fused-ring (bicyclic) bond motifs is 1. The lowest BCUT2D eigenvalue weighted by Gasteiger charge is -2.17. The molecule has 0 saturated heterocycles. The highest BCUT2D eigenvalue weighted by Crippen LogP contribution is 2.25. The summed E-state index contributed by atoms with van der Waals surface area (Å²) in [6.45, 7) is 2.94. The lowest BCUT2D eigenvalue weighted by Crippen LogP contribution is -2.20. The number of pyridine rings is 1. The predicted octanol–water partition coefficient (Wildman–Crippen LogP) is 3.17. The van der Waals surface area contributed by atoms with Crippen molar-refractivity contribution in [1.82, 2.24) is 10.3 Å². The summed E-state index contributed by atoms with van der Waals surface area (Å²) in [4.78, 5) is 4.35. The molecule has 0 fully saturated rings. The summed E-state index contributed by atoms with van der Waals surface area (Å²) >= 11 is 0. The van der Waals surface area contributed by atoms with Gasteiger partial charge in [-0.25, -0.2) is 0 Å². The zero-order valence-electron chi connectivity index (χ0n) is 11.5. The Labute approximate surface area is 114 Å². The van der Waals surface area contributed by atoms with Crippen molar-refractivity contribution in [3.8, 4) is 5.75 Å². The van der Waals surface area contributed by atoms with Crippen molar-refractivity contribution < 1.29 is 4.74 Å². The van der Waals surface area contributed by atoms with Crippen LogP contribution in [0.3, 0.4) is 0 Å². The van der Waals surface area contributed by atoms with Gasteiger partial charge in [0.15, 0.2) is 0 Å². The lowest BCUT2D eigenvalue weighted by atomic mass is 10.2. The number of benzene rings is 1. The minimum absolute atomic E-state index is 0.0863. The Morgan fingerprint density at radius 1 is 1.32 bits per heavy atom. The first-order chi connectivity index (χ1) is 9.35. The number of hydrogen-bond acceptors (Lipinski definition) is 3. The molecule has 0 bridgehead atoms. The van der Waals surface area contributed by atoms with E-state index in [2.05, 4.69) is 16.4 Å². The van der Waals surface area contributed by atoms with Crippen molar-refractivity contribution in [2.24, 2.45) is 0 Å². The van der Waals surface area contributed by atoms with Gasteiger partial charge in [0.05, 0.1) is 5.52 Å². The largest absolute Gasteiger partial charge is 0.486 e. The van der Waals surface area contributed by atoms with Crippen LogP contribution in [0.1, 0.15) is 13.3 Å². The van der Waals surface area contributed by atoms with Crippen LogP contribution in [0.4, 0.5) is 0 Å². The molecule has 3 heteroatoms. The van der Waals surface area contributed by atoms with Gasteiger partial charge in [0.1, 0.15) is 11.9 Å². The second-order valence-electron chi connectivity index (χ2n) is 4.40. The van der Waals surface area contributed by atoms with Crippen LogP contribution in [0.15, 0.2) is 48.7 Å². The van der Waals surface area contributed by atoms with Crippen LogP contribution in [0.5, 0.6) is 5.75 Å². The summed E-state index contributed by atoms with van der Waals surface area (Å²) in [6.07, 6.45) is 6.94. The molecule has 1 unspecified atom stereocenters. The third-order valence-electron chi connectivity index (χ3n) is 2.97. The van der Waals surface area contributed by atoms with Gasteiger partial charge in [0, 0.05) is 18.0 Å². The minimum atomic E-state index is 0.0863. The van der Waals surface area contributed by atoms with Crippen LogP contribution in [0, 0.1) is 0 Å². The van der Waals surface area contributed by atoms with E-state index in [1.165, 1.54) is 0 Å². The van der Waals surface area contributed by atoms with Crippen LogP contribution < -0.4 is 10.1 Å². The van der Waals surface area contributed by atoms with Gasteiger partial charge in [-0.3, -0.25) is 4.98 Å². The van der Waals surface area contributed by atoms with Gasteiger partial charge in [0.2, 0.25) is 0 Å². The fourth-order valence-corrected chi connectivity index (χ4v) is 2.03. The highest BCUT2D eigenvalue weighted by molar-refractivity contribution is 5.84. The smallest absolute Gasteiger partial charge is 0.131 e. The lowest BCUT2D eigenvalue weighted by molar-refractivity contribution is 0.241. The van der Waals surface area contributed by atoms with Gasteiger partial charge in [-0.2, -0.15) is 0 Å². The van der Waals surface area contributed by atoms with Crippen molar-refractivity contribution in [1.29, 1.82) is 0 Å². The molecule has 0 radical (unpaired) electrons. The summed E-state index contributed by atoms with van der Waals surface area (Å²) in [5, 5.41) is 4.21. The Bertz CT molecular complexity index is 546. The fourth-order valence-electron chi connectivity index (χ4n) is 2.03. The van der Waals surface area contributed by atoms with Crippen LogP contribution in [0.2, 0.25) is 0 Å². The Kier molecular flexibility index (Phi) is 4.93. The Morgan fingerprint density at radius 3 is 2.95 bits per heavy atom. The summed E-state index contributed by atoms with van der Waals surface area (Å²) in [5.74, 6) is 0.893. The predicted molar refractivity (Wildman–Crippen MR) is 79.5 cm³/mol. The summed E-state index contributed by atoms with van der Waals surface area (Å²) in [6, 6.07) is 9.97. The van der Waals surface area contributed by atoms with Gasteiger partial charge in [-0.1, -0.05) is 18.2 Å². The molecule has 1 atom stereocenters.